The van der Waals surface area contributed by atoms with Crippen LogP contribution in [0.2, 0.25) is 0 Å². The molecule has 0 aliphatic carbocycles. The Balaban J connectivity index is 1.53. The first-order valence-electron chi connectivity index (χ1n) is 9.95. The van der Waals surface area contributed by atoms with Crippen LogP contribution < -0.4 is 15.0 Å². The molecule has 1 N–H and O–H groups in total. The highest BCUT2D eigenvalue weighted by molar-refractivity contribution is 6.00. The fraction of sp³-hybridized carbons (Fsp3) is 0.348. The third-order valence-corrected chi connectivity index (χ3v) is 5.14. The summed E-state index contributed by atoms with van der Waals surface area (Å²) >= 11 is 0. The summed E-state index contributed by atoms with van der Waals surface area (Å²) in [4.78, 5) is 38.4. The van der Waals surface area contributed by atoms with E-state index in [0.29, 0.717) is 18.0 Å². The summed E-state index contributed by atoms with van der Waals surface area (Å²) in [6.07, 6.45) is 0.0602. The van der Waals surface area contributed by atoms with Crippen LogP contribution in [0.15, 0.2) is 42.5 Å². The van der Waals surface area contributed by atoms with Crippen molar-refractivity contribution in [3.8, 4) is 5.75 Å². The molecule has 1 atom stereocenters. The SMILES string of the molecule is CCOc1ccc(N2C[C@H](C(=O)OCC(=O)Nc3cccc(C)c3C)CC2=O)cc1. The molecule has 0 radical (unpaired) electrons. The van der Waals surface area contributed by atoms with E-state index in [0.717, 1.165) is 16.9 Å². The minimum absolute atomic E-state index is 0.0602. The van der Waals surface area contributed by atoms with E-state index in [9.17, 15) is 14.4 Å². The maximum atomic E-state index is 12.4. The van der Waals surface area contributed by atoms with Crippen molar-refractivity contribution in [2.75, 3.05) is 30.0 Å². The summed E-state index contributed by atoms with van der Waals surface area (Å²) in [5.41, 5.74) is 3.41. The van der Waals surface area contributed by atoms with Crippen LogP contribution in [0.4, 0.5) is 11.4 Å². The van der Waals surface area contributed by atoms with Crippen molar-refractivity contribution < 1.29 is 23.9 Å². The number of amides is 2. The largest absolute Gasteiger partial charge is 0.494 e. The number of ether oxygens (including phenoxy) is 2. The Kier molecular flexibility index (Phi) is 6.72. The first-order chi connectivity index (χ1) is 14.4. The summed E-state index contributed by atoms with van der Waals surface area (Å²) in [7, 11) is 0. The third kappa shape index (κ3) is 4.97. The Bertz CT molecular complexity index is 939. The van der Waals surface area contributed by atoms with Gasteiger partial charge in [0.15, 0.2) is 6.61 Å². The van der Waals surface area contributed by atoms with E-state index < -0.39 is 17.8 Å². The lowest BCUT2D eigenvalue weighted by Gasteiger charge is -2.17. The number of carbonyl (C=O) groups is 3. The molecule has 1 aliphatic heterocycles. The molecule has 2 aromatic carbocycles. The highest BCUT2D eigenvalue weighted by Gasteiger charge is 2.36. The zero-order valence-corrected chi connectivity index (χ0v) is 17.4. The van der Waals surface area contributed by atoms with Gasteiger partial charge in [-0.1, -0.05) is 12.1 Å². The summed E-state index contributed by atoms with van der Waals surface area (Å²) < 4.78 is 10.6. The molecular formula is C23H26N2O5. The second kappa shape index (κ2) is 9.43. The predicted octanol–water partition coefficient (Wildman–Crippen LogP) is 3.24. The van der Waals surface area contributed by atoms with Crippen LogP contribution in [-0.2, 0) is 19.1 Å². The molecule has 0 bridgehead atoms. The van der Waals surface area contributed by atoms with Gasteiger partial charge in [-0.25, -0.2) is 0 Å². The van der Waals surface area contributed by atoms with Gasteiger partial charge in [-0.2, -0.15) is 0 Å². The van der Waals surface area contributed by atoms with Crippen LogP contribution in [0.25, 0.3) is 0 Å². The normalized spacial score (nSPS) is 15.8. The van der Waals surface area contributed by atoms with Crippen LogP contribution in [0, 0.1) is 19.8 Å². The number of nitrogens with zero attached hydrogens (tertiary/aromatic N) is 1. The number of carbonyl (C=O) groups excluding carboxylic acids is 3. The standard InChI is InChI=1S/C23H26N2O5/c1-4-29-19-10-8-18(9-11-19)25-13-17(12-22(25)27)23(28)30-14-21(26)24-20-7-5-6-15(2)16(20)3/h5-11,17H,4,12-14H2,1-3H3,(H,24,26)/t17-/m1/s1. The molecule has 0 spiro atoms. The number of hydrogen-bond donors (Lipinski definition) is 1. The maximum absolute atomic E-state index is 12.4. The molecule has 7 nitrogen and oxygen atoms in total. The Hall–Kier alpha value is -3.35. The summed E-state index contributed by atoms with van der Waals surface area (Å²) in [5, 5.41) is 2.75. The molecule has 0 aromatic heterocycles. The van der Waals surface area contributed by atoms with Crippen molar-refractivity contribution in [2.24, 2.45) is 5.92 Å². The summed E-state index contributed by atoms with van der Waals surface area (Å²) in [6, 6.07) is 12.8. The molecule has 1 saturated heterocycles. The summed E-state index contributed by atoms with van der Waals surface area (Å²) in [6.45, 7) is 6.17. The van der Waals surface area contributed by atoms with E-state index in [-0.39, 0.29) is 25.5 Å². The smallest absolute Gasteiger partial charge is 0.311 e. The number of rotatable bonds is 7. The maximum Gasteiger partial charge on any atom is 0.311 e. The number of hydrogen-bond acceptors (Lipinski definition) is 5. The second-order valence-electron chi connectivity index (χ2n) is 7.24. The van der Waals surface area contributed by atoms with E-state index >= 15 is 0 Å². The monoisotopic (exact) mass is 410 g/mol. The minimum Gasteiger partial charge on any atom is -0.494 e. The molecule has 1 fully saturated rings. The number of benzene rings is 2. The predicted molar refractivity (Wildman–Crippen MR) is 114 cm³/mol. The molecule has 30 heavy (non-hydrogen) atoms. The van der Waals surface area contributed by atoms with Crippen LogP contribution in [0.1, 0.15) is 24.5 Å². The fourth-order valence-corrected chi connectivity index (χ4v) is 3.33. The number of anilines is 2. The topological polar surface area (TPSA) is 84.9 Å². The van der Waals surface area contributed by atoms with Gasteiger partial charge in [0, 0.05) is 24.3 Å². The second-order valence-corrected chi connectivity index (χ2v) is 7.24. The molecule has 2 aromatic rings. The molecule has 1 aliphatic rings. The molecular weight excluding hydrogens is 384 g/mol. The van der Waals surface area contributed by atoms with Gasteiger partial charge in [-0.3, -0.25) is 14.4 Å². The van der Waals surface area contributed by atoms with Gasteiger partial charge in [0.1, 0.15) is 5.75 Å². The molecule has 1 heterocycles. The zero-order chi connectivity index (χ0) is 21.7. The molecule has 158 valence electrons. The van der Waals surface area contributed by atoms with E-state index in [1.807, 2.05) is 32.9 Å². The highest BCUT2D eigenvalue weighted by Crippen LogP contribution is 2.27. The van der Waals surface area contributed by atoms with E-state index in [4.69, 9.17) is 9.47 Å². The van der Waals surface area contributed by atoms with Crippen molar-refractivity contribution in [3.05, 3.63) is 53.6 Å². The van der Waals surface area contributed by atoms with E-state index in [1.54, 1.807) is 35.2 Å². The van der Waals surface area contributed by atoms with Gasteiger partial charge in [-0.05, 0) is 62.2 Å². The first-order valence-corrected chi connectivity index (χ1v) is 9.95. The van der Waals surface area contributed by atoms with Gasteiger partial charge in [-0.15, -0.1) is 0 Å². The first kappa shape index (κ1) is 21.4. The molecule has 3 rings (SSSR count). The van der Waals surface area contributed by atoms with Gasteiger partial charge < -0.3 is 19.7 Å². The molecule has 7 heteroatoms. The van der Waals surface area contributed by atoms with Crippen molar-refractivity contribution in [1.29, 1.82) is 0 Å². The van der Waals surface area contributed by atoms with Crippen LogP contribution in [0.5, 0.6) is 5.75 Å². The van der Waals surface area contributed by atoms with Crippen LogP contribution in [-0.4, -0.2) is 37.5 Å². The molecule has 0 unspecified atom stereocenters. The van der Waals surface area contributed by atoms with Crippen LogP contribution >= 0.6 is 0 Å². The average molecular weight is 410 g/mol. The van der Waals surface area contributed by atoms with Crippen molar-refractivity contribution in [2.45, 2.75) is 27.2 Å². The van der Waals surface area contributed by atoms with E-state index in [1.165, 1.54) is 0 Å². The van der Waals surface area contributed by atoms with Crippen molar-refractivity contribution in [3.63, 3.8) is 0 Å². The van der Waals surface area contributed by atoms with E-state index in [2.05, 4.69) is 5.32 Å². The van der Waals surface area contributed by atoms with Crippen molar-refractivity contribution >= 4 is 29.2 Å². The molecule has 2 amide bonds. The quantitative estimate of drug-likeness (QED) is 0.709. The number of aryl methyl sites for hydroxylation is 1. The van der Waals surface area contributed by atoms with Gasteiger partial charge >= 0.3 is 5.97 Å². The zero-order valence-electron chi connectivity index (χ0n) is 17.4. The average Bonchev–Trinajstić information content (AvgIpc) is 3.12. The Morgan fingerprint density at radius 2 is 1.87 bits per heavy atom. The van der Waals surface area contributed by atoms with Crippen LogP contribution in [0.3, 0.4) is 0 Å². The van der Waals surface area contributed by atoms with Gasteiger partial charge in [0.25, 0.3) is 5.91 Å². The Labute approximate surface area is 176 Å². The summed E-state index contributed by atoms with van der Waals surface area (Å²) in [5.74, 6) is -0.991. The lowest BCUT2D eigenvalue weighted by atomic mass is 10.1. The number of esters is 1. The third-order valence-electron chi connectivity index (χ3n) is 5.14. The minimum atomic E-state index is -0.599. The Morgan fingerprint density at radius 3 is 2.57 bits per heavy atom. The van der Waals surface area contributed by atoms with Crippen molar-refractivity contribution in [1.82, 2.24) is 0 Å². The lowest BCUT2D eigenvalue weighted by molar-refractivity contribution is -0.151. The fourth-order valence-electron chi connectivity index (χ4n) is 3.33. The lowest BCUT2D eigenvalue weighted by Crippen LogP contribution is -2.28. The number of nitrogens with one attached hydrogen (secondary N) is 1. The Morgan fingerprint density at radius 1 is 1.13 bits per heavy atom. The van der Waals surface area contributed by atoms with Gasteiger partial charge in [0.05, 0.1) is 12.5 Å². The van der Waals surface area contributed by atoms with Gasteiger partial charge in [0.2, 0.25) is 5.91 Å². The molecule has 0 saturated carbocycles. The highest BCUT2D eigenvalue weighted by atomic mass is 16.5.